The number of carbonyl (C=O) groups is 2. The minimum atomic E-state index is -0.501. The minimum Gasteiger partial charge on any atom is -0.368 e. The number of nitrogens with two attached hydrogens (primary N) is 2. The molecule has 0 bridgehead atoms. The lowest BCUT2D eigenvalue weighted by molar-refractivity contribution is -0.117. The van der Waals surface area contributed by atoms with Gasteiger partial charge in [-0.05, 0) is 30.2 Å². The molecule has 0 spiro atoms. The molecular weight excluding hydrogens is 268 g/mol. The van der Waals surface area contributed by atoms with E-state index in [1.54, 1.807) is 4.90 Å². The third kappa shape index (κ3) is 6.76. The van der Waals surface area contributed by atoms with E-state index in [0.717, 1.165) is 24.3 Å². The molecule has 21 heavy (non-hydrogen) atoms. The molecule has 0 heterocycles. The average Bonchev–Trinajstić information content (AvgIpc) is 2.37. The first kappa shape index (κ1) is 17.0. The molecule has 0 saturated heterocycles. The van der Waals surface area contributed by atoms with Gasteiger partial charge in [-0.3, -0.25) is 9.59 Å². The largest absolute Gasteiger partial charge is 0.368 e. The summed E-state index contributed by atoms with van der Waals surface area (Å²) in [6.07, 6.45) is 0. The Morgan fingerprint density at radius 2 is 1.62 bits per heavy atom. The van der Waals surface area contributed by atoms with Gasteiger partial charge in [-0.1, -0.05) is 26.0 Å². The van der Waals surface area contributed by atoms with Gasteiger partial charge < -0.3 is 21.7 Å². The highest BCUT2D eigenvalue weighted by Crippen LogP contribution is 2.15. The van der Waals surface area contributed by atoms with E-state index in [2.05, 4.69) is 19.2 Å². The molecule has 0 radical (unpaired) electrons. The Labute approximate surface area is 125 Å². The zero-order valence-corrected chi connectivity index (χ0v) is 12.6. The highest BCUT2D eigenvalue weighted by molar-refractivity contribution is 5.84. The van der Waals surface area contributed by atoms with Crippen molar-refractivity contribution in [2.24, 2.45) is 17.4 Å². The van der Waals surface area contributed by atoms with E-state index in [1.807, 2.05) is 24.3 Å². The van der Waals surface area contributed by atoms with E-state index in [9.17, 15) is 9.59 Å². The molecule has 0 atom stereocenters. The van der Waals surface area contributed by atoms with Gasteiger partial charge in [-0.2, -0.15) is 0 Å². The van der Waals surface area contributed by atoms with Crippen LogP contribution in [0.25, 0.3) is 0 Å². The third-order valence-corrected chi connectivity index (χ3v) is 2.88. The topological polar surface area (TPSA) is 101 Å². The van der Waals surface area contributed by atoms with Crippen molar-refractivity contribution in [1.29, 1.82) is 0 Å². The first-order chi connectivity index (χ1) is 9.88. The fourth-order valence-corrected chi connectivity index (χ4v) is 1.94. The molecule has 5 N–H and O–H groups in total. The van der Waals surface area contributed by atoms with Gasteiger partial charge in [0.05, 0.1) is 13.1 Å². The van der Waals surface area contributed by atoms with Crippen LogP contribution in [0.2, 0.25) is 0 Å². The van der Waals surface area contributed by atoms with Crippen molar-refractivity contribution in [2.45, 2.75) is 20.4 Å². The molecule has 116 valence electrons. The second-order valence-corrected chi connectivity index (χ2v) is 5.48. The summed E-state index contributed by atoms with van der Waals surface area (Å²) in [5.74, 6) is -0.399. The maximum Gasteiger partial charge on any atom is 0.236 e. The van der Waals surface area contributed by atoms with E-state index >= 15 is 0 Å². The van der Waals surface area contributed by atoms with E-state index in [4.69, 9.17) is 11.5 Å². The number of hydrogen-bond donors (Lipinski definition) is 3. The molecule has 0 unspecified atom stereocenters. The molecule has 0 aliphatic carbocycles. The SMILES string of the molecule is CC(C)CNCc1ccc(N(CC(N)=O)CC(N)=O)cc1. The summed E-state index contributed by atoms with van der Waals surface area (Å²) >= 11 is 0. The first-order valence-electron chi connectivity index (χ1n) is 6.99. The Morgan fingerprint density at radius 1 is 1.10 bits per heavy atom. The lowest BCUT2D eigenvalue weighted by Crippen LogP contribution is -2.39. The summed E-state index contributed by atoms with van der Waals surface area (Å²) in [6, 6.07) is 7.63. The standard InChI is InChI=1S/C15H24N4O2/c1-11(2)7-18-8-12-3-5-13(6-4-12)19(9-14(16)20)10-15(17)21/h3-6,11,18H,7-10H2,1-2H3,(H2,16,20)(H2,17,21). The maximum absolute atomic E-state index is 11.1. The Bertz CT molecular complexity index is 455. The molecular formula is C15H24N4O2. The van der Waals surface area contributed by atoms with Gasteiger partial charge in [-0.15, -0.1) is 0 Å². The second-order valence-electron chi connectivity index (χ2n) is 5.48. The van der Waals surface area contributed by atoms with Crippen LogP contribution in [0.3, 0.4) is 0 Å². The molecule has 1 aromatic carbocycles. The Morgan fingerprint density at radius 3 is 2.05 bits per heavy atom. The van der Waals surface area contributed by atoms with Crippen molar-refractivity contribution >= 4 is 17.5 Å². The van der Waals surface area contributed by atoms with Crippen LogP contribution in [-0.2, 0) is 16.1 Å². The van der Waals surface area contributed by atoms with Crippen molar-refractivity contribution in [3.05, 3.63) is 29.8 Å². The van der Waals surface area contributed by atoms with Gasteiger partial charge in [0.15, 0.2) is 0 Å². The molecule has 1 aromatic rings. The zero-order chi connectivity index (χ0) is 15.8. The summed E-state index contributed by atoms with van der Waals surface area (Å²) in [5.41, 5.74) is 12.3. The fraction of sp³-hybridized carbons (Fsp3) is 0.467. The summed E-state index contributed by atoms with van der Waals surface area (Å²) < 4.78 is 0. The molecule has 1 rings (SSSR count). The quantitative estimate of drug-likeness (QED) is 0.605. The normalized spacial score (nSPS) is 10.6. The number of nitrogens with one attached hydrogen (secondary N) is 1. The van der Waals surface area contributed by atoms with Crippen LogP contribution in [0, 0.1) is 5.92 Å². The highest BCUT2D eigenvalue weighted by atomic mass is 16.2. The predicted molar refractivity (Wildman–Crippen MR) is 83.6 cm³/mol. The number of anilines is 1. The van der Waals surface area contributed by atoms with Crippen LogP contribution in [0.1, 0.15) is 19.4 Å². The number of hydrogen-bond acceptors (Lipinski definition) is 4. The van der Waals surface area contributed by atoms with Gasteiger partial charge in [-0.25, -0.2) is 0 Å². The zero-order valence-electron chi connectivity index (χ0n) is 12.6. The molecule has 0 aromatic heterocycles. The number of carbonyl (C=O) groups excluding carboxylic acids is 2. The maximum atomic E-state index is 11.1. The lowest BCUT2D eigenvalue weighted by atomic mass is 10.1. The molecule has 0 aliphatic heterocycles. The summed E-state index contributed by atoms with van der Waals surface area (Å²) in [5, 5.41) is 3.35. The Kier molecular flexibility index (Phi) is 6.68. The number of benzene rings is 1. The number of primary amides is 2. The van der Waals surface area contributed by atoms with Crippen molar-refractivity contribution in [3.8, 4) is 0 Å². The smallest absolute Gasteiger partial charge is 0.236 e. The van der Waals surface area contributed by atoms with Crippen LogP contribution in [0.15, 0.2) is 24.3 Å². The number of rotatable bonds is 9. The summed E-state index contributed by atoms with van der Waals surface area (Å²) in [7, 11) is 0. The average molecular weight is 292 g/mol. The number of amides is 2. The predicted octanol–water partition coefficient (Wildman–Crippen LogP) is 0.209. The van der Waals surface area contributed by atoms with Crippen molar-refractivity contribution < 1.29 is 9.59 Å². The Balaban J connectivity index is 2.68. The summed E-state index contributed by atoms with van der Waals surface area (Å²) in [6.45, 7) is 5.98. The molecule has 2 amide bonds. The second kappa shape index (κ2) is 8.26. The van der Waals surface area contributed by atoms with Gasteiger partial charge in [0.2, 0.25) is 11.8 Å². The van der Waals surface area contributed by atoms with Gasteiger partial charge in [0, 0.05) is 12.2 Å². The third-order valence-electron chi connectivity index (χ3n) is 2.88. The minimum absolute atomic E-state index is 0.0338. The van der Waals surface area contributed by atoms with E-state index in [1.165, 1.54) is 0 Å². The highest BCUT2D eigenvalue weighted by Gasteiger charge is 2.12. The fourth-order valence-electron chi connectivity index (χ4n) is 1.94. The van der Waals surface area contributed by atoms with Gasteiger partial charge in [0.1, 0.15) is 0 Å². The van der Waals surface area contributed by atoms with E-state index in [0.29, 0.717) is 5.92 Å². The van der Waals surface area contributed by atoms with Crippen LogP contribution >= 0.6 is 0 Å². The number of nitrogens with zero attached hydrogens (tertiary/aromatic N) is 1. The van der Waals surface area contributed by atoms with Gasteiger partial charge >= 0.3 is 0 Å². The van der Waals surface area contributed by atoms with Crippen LogP contribution in [-0.4, -0.2) is 31.4 Å². The van der Waals surface area contributed by atoms with E-state index in [-0.39, 0.29) is 13.1 Å². The first-order valence-corrected chi connectivity index (χ1v) is 6.99. The molecule has 6 nitrogen and oxygen atoms in total. The molecule has 0 saturated carbocycles. The Hall–Kier alpha value is -2.08. The van der Waals surface area contributed by atoms with Gasteiger partial charge in [0.25, 0.3) is 0 Å². The molecule has 0 fully saturated rings. The van der Waals surface area contributed by atoms with E-state index < -0.39 is 11.8 Å². The molecule has 6 heteroatoms. The van der Waals surface area contributed by atoms with Crippen LogP contribution < -0.4 is 21.7 Å². The van der Waals surface area contributed by atoms with Crippen molar-refractivity contribution in [2.75, 3.05) is 24.5 Å². The summed E-state index contributed by atoms with van der Waals surface area (Å²) in [4.78, 5) is 23.7. The van der Waals surface area contributed by atoms with Crippen LogP contribution in [0.4, 0.5) is 5.69 Å². The monoisotopic (exact) mass is 292 g/mol. The van der Waals surface area contributed by atoms with Crippen LogP contribution in [0.5, 0.6) is 0 Å². The van der Waals surface area contributed by atoms with Crippen molar-refractivity contribution in [3.63, 3.8) is 0 Å². The van der Waals surface area contributed by atoms with Crippen molar-refractivity contribution in [1.82, 2.24) is 5.32 Å². The molecule has 0 aliphatic rings. The lowest BCUT2D eigenvalue weighted by Gasteiger charge is -2.21.